The monoisotopic (exact) mass is 615 g/mol. The van der Waals surface area contributed by atoms with Gasteiger partial charge in [0.25, 0.3) is 17.7 Å². The van der Waals surface area contributed by atoms with E-state index in [1.54, 1.807) is 36.4 Å². The normalized spacial score (nSPS) is 18.9. The summed E-state index contributed by atoms with van der Waals surface area (Å²) in [6, 6.07) is 20.3. The third-order valence-corrected chi connectivity index (χ3v) is 8.84. The number of carbonyl (C=O) groups excluding carboxylic acids is 3. The Balaban J connectivity index is 1.35. The molecule has 5 rings (SSSR count). The van der Waals surface area contributed by atoms with Gasteiger partial charge in [-0.05, 0) is 85.2 Å². The van der Waals surface area contributed by atoms with Gasteiger partial charge in [0.1, 0.15) is 0 Å². The van der Waals surface area contributed by atoms with Gasteiger partial charge in [-0.25, -0.2) is 0 Å². The lowest BCUT2D eigenvalue weighted by Gasteiger charge is -2.37. The molecule has 0 aromatic heterocycles. The third kappa shape index (κ3) is 7.60. The first-order valence-corrected chi connectivity index (χ1v) is 15.8. The van der Waals surface area contributed by atoms with Crippen molar-refractivity contribution in [1.29, 1.82) is 0 Å². The highest BCUT2D eigenvalue weighted by Gasteiger charge is 2.26. The van der Waals surface area contributed by atoms with Crippen molar-refractivity contribution in [1.82, 2.24) is 10.2 Å². The molecular weight excluding hydrogens is 574 g/mol. The van der Waals surface area contributed by atoms with Crippen LogP contribution < -0.4 is 21.3 Å². The lowest BCUT2D eigenvalue weighted by Crippen LogP contribution is -2.49. The molecule has 3 aromatic carbocycles. The second-order valence-corrected chi connectivity index (χ2v) is 13.3. The molecule has 8 nitrogen and oxygen atoms in total. The van der Waals surface area contributed by atoms with Crippen molar-refractivity contribution in [2.75, 3.05) is 36.4 Å². The number of carbonyl (C=O) groups is 3. The molecule has 0 spiro atoms. The van der Waals surface area contributed by atoms with Crippen LogP contribution in [0.25, 0.3) is 0 Å². The fourth-order valence-corrected chi connectivity index (χ4v) is 6.05. The van der Waals surface area contributed by atoms with Gasteiger partial charge in [-0.15, -0.1) is 0 Å². The molecule has 44 heavy (non-hydrogen) atoms. The van der Waals surface area contributed by atoms with Crippen LogP contribution in [0.15, 0.2) is 66.7 Å². The van der Waals surface area contributed by atoms with E-state index in [0.717, 1.165) is 36.9 Å². The van der Waals surface area contributed by atoms with E-state index in [-0.39, 0.29) is 35.2 Å². The minimum atomic E-state index is -0.250. The fourth-order valence-electron chi connectivity index (χ4n) is 5.86. The minimum absolute atomic E-state index is 0.0242. The van der Waals surface area contributed by atoms with Crippen molar-refractivity contribution in [2.45, 2.75) is 64.0 Å². The van der Waals surface area contributed by atoms with Crippen molar-refractivity contribution in [3.63, 3.8) is 0 Å². The number of amides is 3. The molecule has 9 heteroatoms. The van der Waals surface area contributed by atoms with E-state index in [0.29, 0.717) is 53.6 Å². The molecule has 2 fully saturated rings. The number of piperazine rings is 1. The SMILES string of the molecule is CC(C)(C)c1ccc(C(=O)Nc2cc(C(=O)NC3CCC(N)CC3)ccc2N2CCN(C(=O)c3cccc(Cl)c3)CC2)cc1. The molecular formula is C35H42ClN5O3. The topological polar surface area (TPSA) is 108 Å². The molecule has 0 atom stereocenters. The molecule has 0 unspecified atom stereocenters. The first-order valence-electron chi connectivity index (χ1n) is 15.4. The van der Waals surface area contributed by atoms with Gasteiger partial charge in [-0.3, -0.25) is 14.4 Å². The second-order valence-electron chi connectivity index (χ2n) is 12.9. The minimum Gasteiger partial charge on any atom is -0.366 e. The average molecular weight is 616 g/mol. The smallest absolute Gasteiger partial charge is 0.255 e. The van der Waals surface area contributed by atoms with E-state index in [1.165, 1.54) is 0 Å². The van der Waals surface area contributed by atoms with Crippen molar-refractivity contribution in [3.05, 3.63) is 94.0 Å². The van der Waals surface area contributed by atoms with Crippen LogP contribution in [-0.2, 0) is 5.41 Å². The lowest BCUT2D eigenvalue weighted by atomic mass is 9.86. The molecule has 3 aromatic rings. The number of rotatable bonds is 6. The van der Waals surface area contributed by atoms with Gasteiger partial charge in [-0.1, -0.05) is 50.6 Å². The third-order valence-electron chi connectivity index (χ3n) is 8.61. The van der Waals surface area contributed by atoms with Gasteiger partial charge in [0.15, 0.2) is 0 Å². The summed E-state index contributed by atoms with van der Waals surface area (Å²) in [5, 5.41) is 6.76. The van der Waals surface area contributed by atoms with Crippen LogP contribution in [-0.4, -0.2) is 60.9 Å². The molecule has 3 amide bonds. The summed E-state index contributed by atoms with van der Waals surface area (Å²) in [7, 11) is 0. The maximum atomic E-state index is 13.5. The number of nitrogens with zero attached hydrogens (tertiary/aromatic N) is 2. The maximum absolute atomic E-state index is 13.5. The van der Waals surface area contributed by atoms with Crippen molar-refractivity contribution in [3.8, 4) is 0 Å². The Morgan fingerprint density at radius 2 is 1.45 bits per heavy atom. The Morgan fingerprint density at radius 3 is 2.09 bits per heavy atom. The molecule has 4 N–H and O–H groups in total. The van der Waals surface area contributed by atoms with Gasteiger partial charge >= 0.3 is 0 Å². The summed E-state index contributed by atoms with van der Waals surface area (Å²) in [5.41, 5.74) is 10.1. The summed E-state index contributed by atoms with van der Waals surface area (Å²) < 4.78 is 0. The van der Waals surface area contributed by atoms with E-state index in [1.807, 2.05) is 35.2 Å². The van der Waals surface area contributed by atoms with Crippen LogP contribution >= 0.6 is 11.6 Å². The molecule has 232 valence electrons. The first-order chi connectivity index (χ1) is 21.0. The van der Waals surface area contributed by atoms with Gasteiger partial charge in [0.2, 0.25) is 0 Å². The number of hydrogen-bond donors (Lipinski definition) is 3. The fraction of sp³-hybridized carbons (Fsp3) is 0.400. The number of nitrogens with one attached hydrogen (secondary N) is 2. The van der Waals surface area contributed by atoms with Crippen molar-refractivity contribution in [2.24, 2.45) is 5.73 Å². The Bertz CT molecular complexity index is 1500. The zero-order valence-corrected chi connectivity index (χ0v) is 26.5. The van der Waals surface area contributed by atoms with Gasteiger partial charge in [-0.2, -0.15) is 0 Å². The summed E-state index contributed by atoms with van der Waals surface area (Å²) in [6.07, 6.45) is 3.50. The quantitative estimate of drug-likeness (QED) is 0.322. The van der Waals surface area contributed by atoms with Gasteiger partial charge in [0, 0.05) is 60.0 Å². The highest BCUT2D eigenvalue weighted by molar-refractivity contribution is 6.31. The zero-order chi connectivity index (χ0) is 31.4. The highest BCUT2D eigenvalue weighted by atomic mass is 35.5. The van der Waals surface area contributed by atoms with Crippen molar-refractivity contribution >= 4 is 40.7 Å². The van der Waals surface area contributed by atoms with Crippen LogP contribution in [0.5, 0.6) is 0 Å². The Kier molecular flexibility index (Phi) is 9.61. The van der Waals surface area contributed by atoms with Crippen molar-refractivity contribution < 1.29 is 14.4 Å². The molecule has 1 saturated heterocycles. The standard InChI is InChI=1S/C35H42ClN5O3/c1-35(2,3)26-10-7-23(8-11-26)32(42)39-30-22-24(33(43)38-29-14-12-28(37)13-15-29)9-16-31(30)40-17-19-41(20-18-40)34(44)25-5-4-6-27(36)21-25/h4-11,16,21-22,28-29H,12-15,17-20,37H2,1-3H3,(H,38,43)(H,39,42). The average Bonchev–Trinajstić information content (AvgIpc) is 3.01. The van der Waals surface area contributed by atoms with Gasteiger partial charge in [0.05, 0.1) is 11.4 Å². The summed E-state index contributed by atoms with van der Waals surface area (Å²) in [4.78, 5) is 43.8. The van der Waals surface area contributed by atoms with E-state index < -0.39 is 0 Å². The Hall–Kier alpha value is -3.88. The lowest BCUT2D eigenvalue weighted by molar-refractivity contribution is 0.0746. The van der Waals surface area contributed by atoms with E-state index in [4.69, 9.17) is 17.3 Å². The summed E-state index contributed by atoms with van der Waals surface area (Å²) in [6.45, 7) is 8.57. The molecule has 0 radical (unpaired) electrons. The number of nitrogens with two attached hydrogens (primary N) is 1. The van der Waals surface area contributed by atoms with E-state index in [9.17, 15) is 14.4 Å². The molecule has 1 saturated carbocycles. The predicted octanol–water partition coefficient (Wildman–Crippen LogP) is 5.85. The Morgan fingerprint density at radius 1 is 0.795 bits per heavy atom. The predicted molar refractivity (Wildman–Crippen MR) is 177 cm³/mol. The summed E-state index contributed by atoms with van der Waals surface area (Å²) >= 11 is 6.11. The number of halogens is 1. The largest absolute Gasteiger partial charge is 0.366 e. The molecule has 1 heterocycles. The highest BCUT2D eigenvalue weighted by Crippen LogP contribution is 2.30. The Labute approximate surface area is 264 Å². The van der Waals surface area contributed by atoms with Crippen LogP contribution in [0.2, 0.25) is 5.02 Å². The maximum Gasteiger partial charge on any atom is 0.255 e. The molecule has 1 aliphatic heterocycles. The molecule has 1 aliphatic carbocycles. The molecule has 2 aliphatic rings. The van der Waals surface area contributed by atoms with Crippen LogP contribution in [0.4, 0.5) is 11.4 Å². The van der Waals surface area contributed by atoms with Crippen LogP contribution in [0, 0.1) is 0 Å². The van der Waals surface area contributed by atoms with E-state index in [2.05, 4.69) is 36.3 Å². The van der Waals surface area contributed by atoms with Crippen LogP contribution in [0.3, 0.4) is 0 Å². The second kappa shape index (κ2) is 13.4. The number of hydrogen-bond acceptors (Lipinski definition) is 5. The van der Waals surface area contributed by atoms with Gasteiger partial charge < -0.3 is 26.2 Å². The zero-order valence-electron chi connectivity index (χ0n) is 25.7. The number of anilines is 2. The number of benzene rings is 3. The van der Waals surface area contributed by atoms with Crippen LogP contribution in [0.1, 0.15) is 83.1 Å². The first kappa shape index (κ1) is 31.5. The summed E-state index contributed by atoms with van der Waals surface area (Å²) in [5.74, 6) is -0.477. The molecule has 0 bridgehead atoms. The van der Waals surface area contributed by atoms with E-state index >= 15 is 0 Å².